The number of rotatable bonds is 66. The van der Waals surface area contributed by atoms with Crippen LogP contribution in [0.2, 0.25) is 0 Å². The van der Waals surface area contributed by atoms with Crippen LogP contribution in [0.25, 0.3) is 0 Å². The van der Waals surface area contributed by atoms with Crippen molar-refractivity contribution in [3.8, 4) is 0 Å². The predicted octanol–water partition coefficient (Wildman–Crippen LogP) is 25.0. The smallest absolute Gasteiger partial charge is 0.306 e. The molecule has 0 amide bonds. The van der Waals surface area contributed by atoms with Gasteiger partial charge < -0.3 is 14.2 Å². The number of hydrogen-bond donors (Lipinski definition) is 0. The minimum absolute atomic E-state index is 0.0774. The molecule has 0 aromatic rings. The zero-order valence-electron chi connectivity index (χ0n) is 55.2. The number of carbonyl (C=O) groups excluding carboxylic acids is 3. The largest absolute Gasteiger partial charge is 0.462 e. The van der Waals surface area contributed by atoms with E-state index in [4.69, 9.17) is 14.2 Å². The van der Waals surface area contributed by atoms with Gasteiger partial charge >= 0.3 is 17.9 Å². The molecule has 480 valence electrons. The minimum Gasteiger partial charge on any atom is -0.462 e. The van der Waals surface area contributed by atoms with Gasteiger partial charge in [0.05, 0.1) is 0 Å². The topological polar surface area (TPSA) is 78.9 Å². The van der Waals surface area contributed by atoms with Gasteiger partial charge in [-0.1, -0.05) is 337 Å². The summed E-state index contributed by atoms with van der Waals surface area (Å²) in [5, 5.41) is 0. The average Bonchev–Trinajstić information content (AvgIpc) is 3.50. The first kappa shape index (κ1) is 79.6. The Kier molecular flexibility index (Phi) is 68.2. The molecule has 0 aromatic carbocycles. The molecule has 0 spiro atoms. The van der Waals surface area contributed by atoms with Crippen molar-refractivity contribution >= 4 is 17.9 Å². The van der Waals surface area contributed by atoms with E-state index in [0.717, 1.165) is 103 Å². The Balaban J connectivity index is 4.31. The van der Waals surface area contributed by atoms with Crippen molar-refractivity contribution in [3.63, 3.8) is 0 Å². The van der Waals surface area contributed by atoms with E-state index in [-0.39, 0.29) is 31.1 Å². The van der Waals surface area contributed by atoms with Crippen molar-refractivity contribution in [2.75, 3.05) is 13.2 Å². The highest BCUT2D eigenvalue weighted by molar-refractivity contribution is 5.71. The van der Waals surface area contributed by atoms with Crippen molar-refractivity contribution in [3.05, 3.63) is 85.1 Å². The fourth-order valence-corrected chi connectivity index (χ4v) is 10.5. The van der Waals surface area contributed by atoms with Crippen LogP contribution in [-0.4, -0.2) is 37.2 Å². The first-order valence-electron chi connectivity index (χ1n) is 36.1. The highest BCUT2D eigenvalue weighted by atomic mass is 16.6. The standard InChI is InChI=1S/C77H136O6/c1-4-7-10-13-16-19-22-25-28-31-33-35-36-37-38-39-40-41-42-43-45-46-49-52-55-58-61-64-67-70-76(79)82-73-74(72-81-75(78)69-66-63-60-57-54-51-48-30-27-24-21-18-15-12-9-6-3)83-77(80)71-68-65-62-59-56-53-50-47-44-34-32-29-26-23-20-17-14-11-8-5-2/h7,10,16,19,25,28,30,33,35,37-38,40-41,48,74H,4-6,8-9,11-15,17-18,20-24,26-27,29,31-32,34,36,39,42-47,49-73H2,1-3H3/b10-7-,19-16-,28-25-,35-33-,38-37-,41-40-,48-30-. The molecular weight excluding hydrogens is 1020 g/mol. The molecule has 0 bridgehead atoms. The molecule has 0 fully saturated rings. The van der Waals surface area contributed by atoms with Gasteiger partial charge in [0.15, 0.2) is 6.10 Å². The number of ether oxygens (including phenoxy) is 3. The van der Waals surface area contributed by atoms with Gasteiger partial charge in [0.25, 0.3) is 0 Å². The van der Waals surface area contributed by atoms with E-state index >= 15 is 0 Å². The van der Waals surface area contributed by atoms with E-state index in [9.17, 15) is 14.4 Å². The molecule has 83 heavy (non-hydrogen) atoms. The fourth-order valence-electron chi connectivity index (χ4n) is 10.5. The van der Waals surface area contributed by atoms with Gasteiger partial charge in [0, 0.05) is 19.3 Å². The summed E-state index contributed by atoms with van der Waals surface area (Å²) < 4.78 is 17.0. The zero-order chi connectivity index (χ0) is 59.9. The molecule has 1 unspecified atom stereocenters. The van der Waals surface area contributed by atoms with Crippen LogP contribution in [0.1, 0.15) is 367 Å². The first-order valence-corrected chi connectivity index (χ1v) is 36.1. The molecule has 0 aromatic heterocycles. The highest BCUT2D eigenvalue weighted by Gasteiger charge is 2.19. The Morgan fingerprint density at radius 3 is 0.747 bits per heavy atom. The monoisotopic (exact) mass is 1160 g/mol. The lowest BCUT2D eigenvalue weighted by Gasteiger charge is -2.18. The lowest BCUT2D eigenvalue weighted by molar-refractivity contribution is -0.167. The van der Waals surface area contributed by atoms with Crippen molar-refractivity contribution in [2.45, 2.75) is 374 Å². The molecule has 0 heterocycles. The molecule has 0 aliphatic heterocycles. The van der Waals surface area contributed by atoms with Gasteiger partial charge in [-0.05, 0) is 96.3 Å². The summed E-state index contributed by atoms with van der Waals surface area (Å²) in [4.78, 5) is 38.5. The molecule has 0 N–H and O–H groups in total. The highest BCUT2D eigenvalue weighted by Crippen LogP contribution is 2.18. The van der Waals surface area contributed by atoms with E-state index in [1.165, 1.54) is 225 Å². The van der Waals surface area contributed by atoms with Crippen LogP contribution in [0.3, 0.4) is 0 Å². The fraction of sp³-hybridized carbons (Fsp3) is 0.779. The van der Waals surface area contributed by atoms with Crippen LogP contribution in [0.4, 0.5) is 0 Å². The van der Waals surface area contributed by atoms with Gasteiger partial charge in [-0.25, -0.2) is 0 Å². The normalized spacial score (nSPS) is 12.6. The summed E-state index contributed by atoms with van der Waals surface area (Å²) in [6.45, 7) is 6.57. The number of carbonyl (C=O) groups is 3. The van der Waals surface area contributed by atoms with E-state index < -0.39 is 6.10 Å². The van der Waals surface area contributed by atoms with E-state index in [1.807, 2.05) is 0 Å². The van der Waals surface area contributed by atoms with Crippen molar-refractivity contribution < 1.29 is 28.6 Å². The zero-order valence-corrected chi connectivity index (χ0v) is 55.2. The minimum atomic E-state index is -0.781. The predicted molar refractivity (Wildman–Crippen MR) is 362 cm³/mol. The average molecular weight is 1160 g/mol. The Labute approximate surface area is 515 Å². The third-order valence-corrected chi connectivity index (χ3v) is 15.9. The van der Waals surface area contributed by atoms with Gasteiger partial charge in [0.2, 0.25) is 0 Å². The van der Waals surface area contributed by atoms with Crippen LogP contribution >= 0.6 is 0 Å². The van der Waals surface area contributed by atoms with Gasteiger partial charge in [0.1, 0.15) is 13.2 Å². The molecule has 0 saturated carbocycles. The lowest BCUT2D eigenvalue weighted by Crippen LogP contribution is -2.30. The van der Waals surface area contributed by atoms with E-state index in [0.29, 0.717) is 19.3 Å². The Morgan fingerprint density at radius 2 is 0.470 bits per heavy atom. The lowest BCUT2D eigenvalue weighted by atomic mass is 10.0. The quantitative estimate of drug-likeness (QED) is 0.0261. The summed E-state index contributed by atoms with van der Waals surface area (Å²) in [5.41, 5.74) is 0. The van der Waals surface area contributed by atoms with Crippen LogP contribution in [-0.2, 0) is 28.6 Å². The van der Waals surface area contributed by atoms with Crippen LogP contribution < -0.4 is 0 Å². The number of unbranched alkanes of at least 4 members (excludes halogenated alkanes) is 41. The maximum absolute atomic E-state index is 13.0. The van der Waals surface area contributed by atoms with E-state index in [2.05, 4.69) is 106 Å². The molecule has 0 radical (unpaired) electrons. The SMILES string of the molecule is CC/C=C\C/C=C\C/C=C\C/C=C\C/C=C\C/C=C\CCCCCCCCCCCCC(=O)OCC(COC(=O)CCCCCCC/C=C\CCCCCCCCC)OC(=O)CCCCCCCCCCCCCCCCCCCCCC. The second-order valence-corrected chi connectivity index (χ2v) is 24.1. The third kappa shape index (κ3) is 69.3. The van der Waals surface area contributed by atoms with Crippen molar-refractivity contribution in [2.24, 2.45) is 0 Å². The second-order valence-electron chi connectivity index (χ2n) is 24.1. The third-order valence-electron chi connectivity index (χ3n) is 15.9. The number of esters is 3. The summed E-state index contributed by atoms with van der Waals surface area (Å²) in [7, 11) is 0. The van der Waals surface area contributed by atoms with Crippen LogP contribution in [0.5, 0.6) is 0 Å². The van der Waals surface area contributed by atoms with Crippen molar-refractivity contribution in [1.82, 2.24) is 0 Å². The molecule has 6 heteroatoms. The molecule has 0 aliphatic rings. The van der Waals surface area contributed by atoms with Crippen molar-refractivity contribution in [1.29, 1.82) is 0 Å². The second kappa shape index (κ2) is 71.1. The summed E-state index contributed by atoms with van der Waals surface area (Å²) in [5.74, 6) is -0.867. The first-order chi connectivity index (χ1) is 41.0. The maximum Gasteiger partial charge on any atom is 0.306 e. The molecule has 1 atom stereocenters. The molecule has 6 nitrogen and oxygen atoms in total. The number of hydrogen-bond acceptors (Lipinski definition) is 6. The molecule has 0 rings (SSSR count). The Morgan fingerprint density at radius 1 is 0.253 bits per heavy atom. The van der Waals surface area contributed by atoms with Gasteiger partial charge in [-0.15, -0.1) is 0 Å². The molecular formula is C77H136O6. The number of allylic oxidation sites excluding steroid dienone is 14. The summed E-state index contributed by atoms with van der Waals surface area (Å²) >= 11 is 0. The Bertz CT molecular complexity index is 1570. The van der Waals surface area contributed by atoms with Crippen LogP contribution in [0, 0.1) is 0 Å². The van der Waals surface area contributed by atoms with Gasteiger partial charge in [-0.2, -0.15) is 0 Å². The van der Waals surface area contributed by atoms with Crippen LogP contribution in [0.15, 0.2) is 85.1 Å². The summed E-state index contributed by atoms with van der Waals surface area (Å²) in [6, 6.07) is 0. The van der Waals surface area contributed by atoms with Gasteiger partial charge in [-0.3, -0.25) is 14.4 Å². The molecule has 0 saturated heterocycles. The Hall–Kier alpha value is -3.41. The maximum atomic E-state index is 13.0. The summed E-state index contributed by atoms with van der Waals surface area (Å²) in [6.07, 6.45) is 94.6. The van der Waals surface area contributed by atoms with E-state index in [1.54, 1.807) is 0 Å². The molecule has 0 aliphatic carbocycles.